The summed E-state index contributed by atoms with van der Waals surface area (Å²) in [6.45, 7) is 4.98. The smallest absolute Gasteiger partial charge is 0.457 e. The molecule has 0 aliphatic rings. The Labute approximate surface area is 391 Å². The van der Waals surface area contributed by atoms with Crippen molar-refractivity contribution in [2.75, 3.05) is 33.0 Å². The molecule has 0 amide bonds. The highest BCUT2D eigenvalue weighted by atomic mass is 31.2. The van der Waals surface area contributed by atoms with Gasteiger partial charge in [-0.25, -0.2) is 4.57 Å². The fourth-order valence-electron chi connectivity index (χ4n) is 8.09. The molecule has 0 rings (SSSR count). The lowest BCUT2D eigenvalue weighted by Gasteiger charge is -2.20. The third-order valence-corrected chi connectivity index (χ3v) is 13.1. The predicted molar refractivity (Wildman–Crippen MR) is 270 cm³/mol. The topological polar surface area (TPSA) is 117 Å². The van der Waals surface area contributed by atoms with Crippen LogP contribution in [-0.4, -0.2) is 49.9 Å². The molecule has 0 saturated carbocycles. The van der Waals surface area contributed by atoms with Crippen LogP contribution in [0.4, 0.5) is 0 Å². The van der Waals surface area contributed by atoms with Crippen molar-refractivity contribution in [3.63, 3.8) is 0 Å². The van der Waals surface area contributed by atoms with E-state index in [1.165, 1.54) is 218 Å². The average molecular weight is 912 g/mol. The first-order valence-corrected chi connectivity index (χ1v) is 28.8. The maximum atomic E-state index is 12.7. The number of phosphoric ester groups is 1. The Bertz CT molecular complexity index is 1020. The highest BCUT2D eigenvalue weighted by Gasteiger charge is 2.25. The van der Waals surface area contributed by atoms with E-state index in [0.717, 1.165) is 38.5 Å². The molecule has 0 aromatic rings. The van der Waals surface area contributed by atoms with E-state index >= 15 is 0 Å². The first kappa shape index (κ1) is 62.0. The standard InChI is InChI=1S/C54H106NO7P/c1-3-5-7-9-11-13-15-17-19-21-23-24-25-26-27-28-29-31-33-35-37-39-41-43-45-47-54(56)62-53(52-61-63(57,58)60-50-48-55)51-59-49-46-44-42-40-38-36-34-32-30-22-20-18-16-14-12-10-8-6-4-2/h15,17,21,23,53H,3-14,16,18-20,22,24-52,55H2,1-2H3,(H,57,58)/b17-15-,23-21-. The largest absolute Gasteiger partial charge is 0.472 e. The van der Waals surface area contributed by atoms with Gasteiger partial charge in [0.1, 0.15) is 6.10 Å². The van der Waals surface area contributed by atoms with Gasteiger partial charge in [0.2, 0.25) is 0 Å². The summed E-state index contributed by atoms with van der Waals surface area (Å²) in [5, 5.41) is 0. The second kappa shape index (κ2) is 52.0. The first-order valence-electron chi connectivity index (χ1n) is 27.3. The number of hydrogen-bond acceptors (Lipinski definition) is 7. The molecule has 8 nitrogen and oxygen atoms in total. The monoisotopic (exact) mass is 912 g/mol. The molecule has 0 radical (unpaired) electrons. The van der Waals surface area contributed by atoms with E-state index in [9.17, 15) is 14.3 Å². The molecule has 0 aromatic carbocycles. The van der Waals surface area contributed by atoms with Gasteiger partial charge in [-0.2, -0.15) is 0 Å². The number of unbranched alkanes of at least 4 members (excludes halogenated alkanes) is 36. The average Bonchev–Trinajstić information content (AvgIpc) is 3.28. The van der Waals surface area contributed by atoms with Crippen molar-refractivity contribution in [2.45, 2.75) is 283 Å². The second-order valence-electron chi connectivity index (χ2n) is 18.5. The molecule has 2 unspecified atom stereocenters. The lowest BCUT2D eigenvalue weighted by atomic mass is 10.0. The minimum Gasteiger partial charge on any atom is -0.457 e. The Hall–Kier alpha value is -1.02. The molecule has 2 atom stereocenters. The van der Waals surface area contributed by atoms with Gasteiger partial charge in [-0.1, -0.05) is 250 Å². The second-order valence-corrected chi connectivity index (χ2v) is 19.9. The van der Waals surface area contributed by atoms with Gasteiger partial charge in [-0.3, -0.25) is 13.8 Å². The molecule has 0 heterocycles. The SMILES string of the molecule is CCCCCCC/C=C\C/C=C\CCCCCCCCCCCCCCCC(=O)OC(COCCCCCCCCCCCCCCCCCCCCC)COP(=O)(O)OCCN. The van der Waals surface area contributed by atoms with Gasteiger partial charge >= 0.3 is 13.8 Å². The van der Waals surface area contributed by atoms with Crippen LogP contribution in [0.3, 0.4) is 0 Å². The number of nitrogens with two attached hydrogens (primary N) is 1. The molecular formula is C54H106NO7P. The maximum Gasteiger partial charge on any atom is 0.472 e. The third-order valence-electron chi connectivity index (χ3n) is 12.1. The Morgan fingerprint density at radius 3 is 1.24 bits per heavy atom. The number of esters is 1. The van der Waals surface area contributed by atoms with Crippen LogP contribution in [0.2, 0.25) is 0 Å². The molecule has 0 fully saturated rings. The van der Waals surface area contributed by atoms with Crippen molar-refractivity contribution in [3.05, 3.63) is 24.3 Å². The zero-order chi connectivity index (χ0) is 45.8. The van der Waals surface area contributed by atoms with Crippen molar-refractivity contribution < 1.29 is 32.8 Å². The molecule has 0 spiro atoms. The highest BCUT2D eigenvalue weighted by Crippen LogP contribution is 2.43. The van der Waals surface area contributed by atoms with Gasteiger partial charge in [0.05, 0.1) is 19.8 Å². The third kappa shape index (κ3) is 51.8. The van der Waals surface area contributed by atoms with Gasteiger partial charge in [-0.15, -0.1) is 0 Å². The number of carbonyl (C=O) groups excluding carboxylic acids is 1. The van der Waals surface area contributed by atoms with Crippen LogP contribution in [0.5, 0.6) is 0 Å². The van der Waals surface area contributed by atoms with Crippen LogP contribution in [-0.2, 0) is 27.9 Å². The quantitative estimate of drug-likeness (QED) is 0.0268. The minimum absolute atomic E-state index is 0.0926. The summed E-state index contributed by atoms with van der Waals surface area (Å²) < 4.78 is 33.6. The van der Waals surface area contributed by atoms with Crippen LogP contribution in [0.15, 0.2) is 24.3 Å². The number of allylic oxidation sites excluding steroid dienone is 4. The van der Waals surface area contributed by atoms with Gasteiger partial charge in [0.15, 0.2) is 0 Å². The fourth-order valence-corrected chi connectivity index (χ4v) is 8.85. The molecule has 0 aromatic heterocycles. The summed E-state index contributed by atoms with van der Waals surface area (Å²) in [5.41, 5.74) is 5.40. The fraction of sp³-hybridized carbons (Fsp3) is 0.907. The Morgan fingerprint density at radius 2 is 0.841 bits per heavy atom. The summed E-state index contributed by atoms with van der Waals surface area (Å²) in [6.07, 6.45) is 60.8. The van der Waals surface area contributed by atoms with Gasteiger partial charge < -0.3 is 20.1 Å². The Balaban J connectivity index is 3.87. The van der Waals surface area contributed by atoms with E-state index in [1.54, 1.807) is 0 Å². The number of carbonyl (C=O) groups is 1. The van der Waals surface area contributed by atoms with Crippen molar-refractivity contribution in [3.8, 4) is 0 Å². The summed E-state index contributed by atoms with van der Waals surface area (Å²) in [4.78, 5) is 22.6. The lowest BCUT2D eigenvalue weighted by Crippen LogP contribution is -2.28. The Kier molecular flexibility index (Phi) is 51.1. The minimum atomic E-state index is -4.28. The molecule has 0 aliphatic heterocycles. The van der Waals surface area contributed by atoms with Gasteiger partial charge in [0, 0.05) is 19.6 Å². The molecule has 374 valence electrons. The Morgan fingerprint density at radius 1 is 0.476 bits per heavy atom. The highest BCUT2D eigenvalue weighted by molar-refractivity contribution is 7.47. The first-order chi connectivity index (χ1) is 30.9. The van der Waals surface area contributed by atoms with Crippen molar-refractivity contribution in [2.24, 2.45) is 5.73 Å². The van der Waals surface area contributed by atoms with E-state index in [-0.39, 0.29) is 32.3 Å². The van der Waals surface area contributed by atoms with Gasteiger partial charge in [0.25, 0.3) is 0 Å². The van der Waals surface area contributed by atoms with E-state index < -0.39 is 13.9 Å². The number of rotatable bonds is 53. The van der Waals surface area contributed by atoms with E-state index in [1.807, 2.05) is 0 Å². The summed E-state index contributed by atoms with van der Waals surface area (Å²) in [5.74, 6) is -0.325. The number of ether oxygens (including phenoxy) is 2. The summed E-state index contributed by atoms with van der Waals surface area (Å²) >= 11 is 0. The maximum absolute atomic E-state index is 12.7. The van der Waals surface area contributed by atoms with E-state index in [2.05, 4.69) is 38.2 Å². The van der Waals surface area contributed by atoms with Crippen molar-refractivity contribution in [1.29, 1.82) is 0 Å². The molecule has 3 N–H and O–H groups in total. The van der Waals surface area contributed by atoms with Crippen LogP contribution < -0.4 is 5.73 Å². The summed E-state index contributed by atoms with van der Waals surface area (Å²) in [7, 11) is -4.28. The molecule has 0 aliphatic carbocycles. The lowest BCUT2D eigenvalue weighted by molar-refractivity contribution is -0.154. The van der Waals surface area contributed by atoms with E-state index in [0.29, 0.717) is 13.0 Å². The van der Waals surface area contributed by atoms with Crippen molar-refractivity contribution in [1.82, 2.24) is 0 Å². The van der Waals surface area contributed by atoms with Crippen molar-refractivity contribution >= 4 is 13.8 Å². The molecule has 0 saturated heterocycles. The molecule has 9 heteroatoms. The molecule has 63 heavy (non-hydrogen) atoms. The number of phosphoric acid groups is 1. The van der Waals surface area contributed by atoms with E-state index in [4.69, 9.17) is 24.3 Å². The zero-order valence-corrected chi connectivity index (χ0v) is 42.7. The molecular weight excluding hydrogens is 806 g/mol. The normalized spacial score (nSPS) is 13.4. The van der Waals surface area contributed by atoms with Crippen LogP contribution in [0.25, 0.3) is 0 Å². The zero-order valence-electron chi connectivity index (χ0n) is 41.8. The van der Waals surface area contributed by atoms with Crippen LogP contribution in [0, 0.1) is 0 Å². The molecule has 0 bridgehead atoms. The van der Waals surface area contributed by atoms with Crippen LogP contribution >= 0.6 is 7.82 Å². The number of hydrogen-bond donors (Lipinski definition) is 2. The summed E-state index contributed by atoms with van der Waals surface area (Å²) in [6, 6.07) is 0. The van der Waals surface area contributed by atoms with Gasteiger partial charge in [-0.05, 0) is 44.9 Å². The van der Waals surface area contributed by atoms with Crippen LogP contribution in [0.1, 0.15) is 277 Å². The predicted octanol–water partition coefficient (Wildman–Crippen LogP) is 17.2.